The van der Waals surface area contributed by atoms with E-state index in [0.717, 1.165) is 10.0 Å². The first-order valence-electron chi connectivity index (χ1n) is 6.90. The van der Waals surface area contributed by atoms with Crippen molar-refractivity contribution in [3.8, 4) is 0 Å². The lowest BCUT2D eigenvalue weighted by Crippen LogP contribution is -2.21. The molecule has 0 aliphatic carbocycles. The number of hydrogen-bond donors (Lipinski definition) is 0. The zero-order valence-electron chi connectivity index (χ0n) is 12.3. The van der Waals surface area contributed by atoms with Gasteiger partial charge in [0.1, 0.15) is 0 Å². The van der Waals surface area contributed by atoms with Crippen LogP contribution in [0, 0.1) is 0 Å². The molecule has 0 N–H and O–H groups in total. The van der Waals surface area contributed by atoms with Gasteiger partial charge in [-0.05, 0) is 35.9 Å². The van der Waals surface area contributed by atoms with Gasteiger partial charge in [0.05, 0.1) is 36.4 Å². The van der Waals surface area contributed by atoms with Crippen LogP contribution in [-0.4, -0.2) is 22.6 Å². The van der Waals surface area contributed by atoms with E-state index >= 15 is 0 Å². The SMILES string of the molecule is COC(=O)c1ccc(Cn2cnc3ccc(Br)cc3c2=O)cc1. The van der Waals surface area contributed by atoms with Crippen LogP contribution in [0.4, 0.5) is 0 Å². The van der Waals surface area contributed by atoms with E-state index in [2.05, 4.69) is 25.7 Å². The summed E-state index contributed by atoms with van der Waals surface area (Å²) in [5.41, 5.74) is 1.93. The molecule has 0 atom stereocenters. The van der Waals surface area contributed by atoms with Crippen molar-refractivity contribution in [2.75, 3.05) is 7.11 Å². The average molecular weight is 373 g/mol. The standard InChI is InChI=1S/C17H13BrN2O3/c1-23-17(22)12-4-2-11(3-5-12)9-20-10-19-15-7-6-13(18)8-14(15)16(20)21/h2-8,10H,9H2,1H3. The van der Waals surface area contributed by atoms with Gasteiger partial charge in [0.15, 0.2) is 0 Å². The Morgan fingerprint density at radius 1 is 1.22 bits per heavy atom. The van der Waals surface area contributed by atoms with Crippen molar-refractivity contribution in [1.82, 2.24) is 9.55 Å². The fraction of sp³-hybridized carbons (Fsp3) is 0.118. The molecule has 0 aliphatic rings. The van der Waals surface area contributed by atoms with E-state index in [1.54, 1.807) is 41.0 Å². The summed E-state index contributed by atoms with van der Waals surface area (Å²) in [7, 11) is 1.34. The summed E-state index contributed by atoms with van der Waals surface area (Å²) in [5.74, 6) is -0.383. The maximum Gasteiger partial charge on any atom is 0.337 e. The Morgan fingerprint density at radius 2 is 1.96 bits per heavy atom. The number of esters is 1. The molecule has 1 heterocycles. The first-order chi connectivity index (χ1) is 11.1. The maximum absolute atomic E-state index is 12.5. The van der Waals surface area contributed by atoms with Crippen LogP contribution in [0.3, 0.4) is 0 Å². The predicted molar refractivity (Wildman–Crippen MR) is 90.6 cm³/mol. The number of rotatable bonds is 3. The smallest absolute Gasteiger partial charge is 0.337 e. The molecule has 3 aromatic rings. The van der Waals surface area contributed by atoms with Gasteiger partial charge in [0, 0.05) is 4.47 Å². The largest absolute Gasteiger partial charge is 0.465 e. The Bertz CT molecular complexity index is 933. The molecule has 0 unspecified atom stereocenters. The van der Waals surface area contributed by atoms with Crippen molar-refractivity contribution in [3.05, 3.63) is 74.7 Å². The van der Waals surface area contributed by atoms with E-state index < -0.39 is 0 Å². The zero-order valence-corrected chi connectivity index (χ0v) is 13.9. The van der Waals surface area contributed by atoms with Gasteiger partial charge in [-0.25, -0.2) is 9.78 Å². The van der Waals surface area contributed by atoms with Gasteiger partial charge >= 0.3 is 5.97 Å². The molecule has 1 aromatic heterocycles. The molecule has 0 amide bonds. The summed E-state index contributed by atoms with van der Waals surface area (Å²) in [4.78, 5) is 28.3. The Hall–Kier alpha value is -2.47. The maximum atomic E-state index is 12.5. The van der Waals surface area contributed by atoms with Crippen LogP contribution in [0.15, 0.2) is 58.1 Å². The van der Waals surface area contributed by atoms with Crippen LogP contribution in [0.2, 0.25) is 0 Å². The number of nitrogens with zero attached hydrogens (tertiary/aromatic N) is 2. The highest BCUT2D eigenvalue weighted by Crippen LogP contribution is 2.15. The number of fused-ring (bicyclic) bond motifs is 1. The molecule has 116 valence electrons. The van der Waals surface area contributed by atoms with Gasteiger partial charge < -0.3 is 4.74 Å². The van der Waals surface area contributed by atoms with Crippen LogP contribution < -0.4 is 5.56 Å². The summed E-state index contributed by atoms with van der Waals surface area (Å²) < 4.78 is 7.05. The van der Waals surface area contributed by atoms with E-state index in [4.69, 9.17) is 0 Å². The molecule has 0 spiro atoms. The lowest BCUT2D eigenvalue weighted by molar-refractivity contribution is 0.0600. The second-order valence-corrected chi connectivity index (χ2v) is 5.94. The van der Waals surface area contributed by atoms with E-state index in [0.29, 0.717) is 23.0 Å². The van der Waals surface area contributed by atoms with Gasteiger partial charge in [-0.1, -0.05) is 28.1 Å². The molecule has 0 radical (unpaired) electrons. The highest BCUT2D eigenvalue weighted by Gasteiger charge is 2.07. The van der Waals surface area contributed by atoms with Crippen LogP contribution in [0.1, 0.15) is 15.9 Å². The number of halogens is 1. The van der Waals surface area contributed by atoms with Crippen molar-refractivity contribution in [2.45, 2.75) is 6.54 Å². The quantitative estimate of drug-likeness (QED) is 0.663. The van der Waals surface area contributed by atoms with Crippen LogP contribution in [0.5, 0.6) is 0 Å². The minimum absolute atomic E-state index is 0.103. The fourth-order valence-corrected chi connectivity index (χ4v) is 2.67. The zero-order chi connectivity index (χ0) is 16.4. The lowest BCUT2D eigenvalue weighted by Gasteiger charge is -2.07. The van der Waals surface area contributed by atoms with Crippen molar-refractivity contribution in [3.63, 3.8) is 0 Å². The Kier molecular flexibility index (Phi) is 4.25. The molecular formula is C17H13BrN2O3. The highest BCUT2D eigenvalue weighted by molar-refractivity contribution is 9.10. The minimum atomic E-state index is -0.383. The summed E-state index contributed by atoms with van der Waals surface area (Å²) in [6, 6.07) is 12.4. The number of aromatic nitrogens is 2. The normalized spacial score (nSPS) is 10.7. The van der Waals surface area contributed by atoms with Crippen LogP contribution in [0.25, 0.3) is 10.9 Å². The minimum Gasteiger partial charge on any atom is -0.465 e. The van der Waals surface area contributed by atoms with Gasteiger partial charge in [-0.3, -0.25) is 9.36 Å². The number of benzene rings is 2. The molecule has 0 saturated heterocycles. The highest BCUT2D eigenvalue weighted by atomic mass is 79.9. The Morgan fingerprint density at radius 3 is 2.65 bits per heavy atom. The second kappa shape index (κ2) is 6.34. The molecule has 5 nitrogen and oxygen atoms in total. The molecular weight excluding hydrogens is 360 g/mol. The topological polar surface area (TPSA) is 61.2 Å². The number of hydrogen-bond acceptors (Lipinski definition) is 4. The molecule has 0 fully saturated rings. The molecule has 23 heavy (non-hydrogen) atoms. The third-order valence-corrected chi connectivity index (χ3v) is 4.01. The van der Waals surface area contributed by atoms with E-state index in [1.807, 2.05) is 6.07 Å². The third-order valence-electron chi connectivity index (χ3n) is 3.51. The van der Waals surface area contributed by atoms with Crippen molar-refractivity contribution < 1.29 is 9.53 Å². The first-order valence-corrected chi connectivity index (χ1v) is 7.70. The molecule has 3 rings (SSSR count). The van der Waals surface area contributed by atoms with Crippen molar-refractivity contribution in [2.24, 2.45) is 0 Å². The van der Waals surface area contributed by atoms with Crippen molar-refractivity contribution >= 4 is 32.8 Å². The van der Waals surface area contributed by atoms with E-state index in [-0.39, 0.29) is 11.5 Å². The predicted octanol–water partition coefficient (Wildman–Crippen LogP) is 2.99. The second-order valence-electron chi connectivity index (χ2n) is 5.03. The number of ether oxygens (including phenoxy) is 1. The van der Waals surface area contributed by atoms with Crippen LogP contribution >= 0.6 is 15.9 Å². The van der Waals surface area contributed by atoms with Gasteiger partial charge in [-0.15, -0.1) is 0 Å². The lowest BCUT2D eigenvalue weighted by atomic mass is 10.1. The van der Waals surface area contributed by atoms with Gasteiger partial charge in [-0.2, -0.15) is 0 Å². The summed E-state index contributed by atoms with van der Waals surface area (Å²) in [6.45, 7) is 0.385. The molecule has 2 aromatic carbocycles. The molecule has 0 aliphatic heterocycles. The third kappa shape index (κ3) is 3.17. The van der Waals surface area contributed by atoms with Crippen molar-refractivity contribution in [1.29, 1.82) is 0 Å². The molecule has 0 bridgehead atoms. The summed E-state index contributed by atoms with van der Waals surface area (Å²) in [5, 5.41) is 0.563. The van der Waals surface area contributed by atoms with Crippen LogP contribution in [-0.2, 0) is 11.3 Å². The summed E-state index contributed by atoms with van der Waals surface area (Å²) in [6.07, 6.45) is 1.53. The first kappa shape index (κ1) is 15.4. The number of methoxy groups -OCH3 is 1. The summed E-state index contributed by atoms with van der Waals surface area (Å²) >= 11 is 3.37. The monoisotopic (exact) mass is 372 g/mol. The van der Waals surface area contributed by atoms with E-state index in [9.17, 15) is 9.59 Å². The van der Waals surface area contributed by atoms with E-state index in [1.165, 1.54) is 13.4 Å². The molecule has 0 saturated carbocycles. The number of carbonyl (C=O) groups is 1. The fourth-order valence-electron chi connectivity index (χ4n) is 2.30. The Labute approximate surface area is 140 Å². The Balaban J connectivity index is 1.94. The average Bonchev–Trinajstić information content (AvgIpc) is 2.58. The van der Waals surface area contributed by atoms with Gasteiger partial charge in [0.25, 0.3) is 5.56 Å². The van der Waals surface area contributed by atoms with Gasteiger partial charge in [0.2, 0.25) is 0 Å². The number of carbonyl (C=O) groups excluding carboxylic acids is 1. The molecule has 6 heteroatoms.